The van der Waals surface area contributed by atoms with Gasteiger partial charge >= 0.3 is 0 Å². The normalized spacial score (nSPS) is 12.6. The van der Waals surface area contributed by atoms with E-state index in [9.17, 15) is 4.79 Å². The van der Waals surface area contributed by atoms with Gasteiger partial charge in [0.05, 0.1) is 5.69 Å². The summed E-state index contributed by atoms with van der Waals surface area (Å²) >= 11 is 1.69. The minimum atomic E-state index is -0.0328. The number of aromatic nitrogens is 3. The van der Waals surface area contributed by atoms with Gasteiger partial charge in [-0.05, 0) is 63.4 Å². The fraction of sp³-hybridized carbons (Fsp3) is 0.562. The van der Waals surface area contributed by atoms with Gasteiger partial charge in [0, 0.05) is 18.6 Å². The minimum Gasteiger partial charge on any atom is -0.334 e. The van der Waals surface area contributed by atoms with Crippen molar-refractivity contribution in [1.82, 2.24) is 19.9 Å². The Hall–Kier alpha value is -1.69. The van der Waals surface area contributed by atoms with Crippen molar-refractivity contribution in [3.05, 3.63) is 33.8 Å². The molecule has 2 rings (SSSR count). The second-order valence-corrected chi connectivity index (χ2v) is 6.62. The highest BCUT2D eigenvalue weighted by Gasteiger charge is 2.25. The third-order valence-corrected chi connectivity index (χ3v) is 4.60. The second kappa shape index (κ2) is 7.05. The number of likely N-dealkylation sites (N-methyl/N-ethyl adjacent to an activating group) is 1. The van der Waals surface area contributed by atoms with E-state index < -0.39 is 0 Å². The zero-order valence-electron chi connectivity index (χ0n) is 13.9. The molecule has 1 unspecified atom stereocenters. The van der Waals surface area contributed by atoms with Crippen LogP contribution >= 0.6 is 11.3 Å². The molecule has 1 amide bonds. The molecular formula is C16H24N4OS. The zero-order valence-corrected chi connectivity index (χ0v) is 14.7. The molecule has 0 spiro atoms. The number of carbonyl (C=O) groups excluding carboxylic acids is 1. The molecule has 120 valence electrons. The summed E-state index contributed by atoms with van der Waals surface area (Å²) in [6, 6.07) is 2.45. The third-order valence-electron chi connectivity index (χ3n) is 3.86. The molecule has 22 heavy (non-hydrogen) atoms. The van der Waals surface area contributed by atoms with E-state index in [2.05, 4.69) is 34.1 Å². The van der Waals surface area contributed by atoms with Gasteiger partial charge in [-0.15, -0.1) is 5.10 Å². The first-order valence-electron chi connectivity index (χ1n) is 7.69. The Kier molecular flexibility index (Phi) is 5.34. The van der Waals surface area contributed by atoms with Crippen LogP contribution in [0.3, 0.4) is 0 Å². The quantitative estimate of drug-likeness (QED) is 0.820. The molecule has 0 saturated heterocycles. The number of amides is 1. The molecule has 2 aromatic rings. The van der Waals surface area contributed by atoms with Crippen molar-refractivity contribution >= 4 is 17.2 Å². The van der Waals surface area contributed by atoms with E-state index in [0.717, 1.165) is 12.1 Å². The van der Waals surface area contributed by atoms with Crippen molar-refractivity contribution in [1.29, 1.82) is 0 Å². The van der Waals surface area contributed by atoms with E-state index in [-0.39, 0.29) is 18.0 Å². The monoisotopic (exact) mass is 320 g/mol. The van der Waals surface area contributed by atoms with Gasteiger partial charge in [-0.2, -0.15) is 11.3 Å². The lowest BCUT2D eigenvalue weighted by atomic mass is 10.1. The minimum absolute atomic E-state index is 0.0328. The Labute approximate surface area is 135 Å². The van der Waals surface area contributed by atoms with Crippen molar-refractivity contribution < 1.29 is 4.79 Å². The van der Waals surface area contributed by atoms with Crippen molar-refractivity contribution in [2.24, 2.45) is 0 Å². The first-order chi connectivity index (χ1) is 10.5. The summed E-state index contributed by atoms with van der Waals surface area (Å²) in [5, 5.41) is 12.4. The molecule has 0 aromatic carbocycles. The Bertz CT molecular complexity index is 618. The molecule has 5 nitrogen and oxygen atoms in total. The summed E-state index contributed by atoms with van der Waals surface area (Å²) in [5.41, 5.74) is 2.57. The van der Waals surface area contributed by atoms with Gasteiger partial charge in [0.15, 0.2) is 5.69 Å². The Morgan fingerprint density at radius 3 is 2.64 bits per heavy atom. The maximum Gasteiger partial charge on any atom is 0.276 e. The van der Waals surface area contributed by atoms with Crippen LogP contribution in [-0.4, -0.2) is 38.4 Å². The fourth-order valence-corrected chi connectivity index (χ4v) is 3.36. The van der Waals surface area contributed by atoms with Gasteiger partial charge in [0.25, 0.3) is 5.91 Å². The number of hydrogen-bond donors (Lipinski definition) is 0. The summed E-state index contributed by atoms with van der Waals surface area (Å²) in [5.74, 6) is -0.0328. The van der Waals surface area contributed by atoms with Crippen LogP contribution in [0.5, 0.6) is 0 Å². The largest absolute Gasteiger partial charge is 0.334 e. The van der Waals surface area contributed by atoms with E-state index in [1.807, 2.05) is 32.6 Å². The Morgan fingerprint density at radius 2 is 2.14 bits per heavy atom. The molecule has 0 saturated carbocycles. The number of hydrogen-bond acceptors (Lipinski definition) is 4. The lowest BCUT2D eigenvalue weighted by molar-refractivity contribution is 0.0696. The molecule has 6 heteroatoms. The van der Waals surface area contributed by atoms with E-state index in [1.54, 1.807) is 16.0 Å². The van der Waals surface area contributed by atoms with Gasteiger partial charge in [0.1, 0.15) is 0 Å². The molecule has 2 aromatic heterocycles. The predicted molar refractivity (Wildman–Crippen MR) is 89.3 cm³/mol. The molecule has 0 aliphatic carbocycles. The van der Waals surface area contributed by atoms with E-state index in [1.165, 1.54) is 5.56 Å². The van der Waals surface area contributed by atoms with E-state index in [0.29, 0.717) is 12.2 Å². The van der Waals surface area contributed by atoms with E-state index >= 15 is 0 Å². The summed E-state index contributed by atoms with van der Waals surface area (Å²) in [6.07, 6.45) is 0.862. The van der Waals surface area contributed by atoms with Crippen molar-refractivity contribution in [3.8, 4) is 0 Å². The molecule has 0 aliphatic heterocycles. The average molecular weight is 320 g/mol. The van der Waals surface area contributed by atoms with Crippen LogP contribution in [0.25, 0.3) is 0 Å². The summed E-state index contributed by atoms with van der Waals surface area (Å²) < 4.78 is 1.80. The molecule has 2 heterocycles. The van der Waals surface area contributed by atoms with Crippen molar-refractivity contribution in [2.45, 2.75) is 53.1 Å². The topological polar surface area (TPSA) is 51.0 Å². The van der Waals surface area contributed by atoms with Gasteiger partial charge in [-0.1, -0.05) is 5.21 Å². The maximum atomic E-state index is 12.8. The van der Waals surface area contributed by atoms with E-state index in [4.69, 9.17) is 0 Å². The smallest absolute Gasteiger partial charge is 0.276 e. The molecule has 0 radical (unpaired) electrons. The van der Waals surface area contributed by atoms with Crippen molar-refractivity contribution in [3.63, 3.8) is 0 Å². The van der Waals surface area contributed by atoms with Gasteiger partial charge in [0.2, 0.25) is 0 Å². The predicted octanol–water partition coefficient (Wildman–Crippen LogP) is 3.32. The number of rotatable bonds is 6. The highest BCUT2D eigenvalue weighted by Crippen LogP contribution is 2.17. The highest BCUT2D eigenvalue weighted by molar-refractivity contribution is 7.07. The van der Waals surface area contributed by atoms with Crippen molar-refractivity contribution in [2.75, 3.05) is 6.54 Å². The molecule has 0 bridgehead atoms. The Morgan fingerprint density at radius 1 is 1.41 bits per heavy atom. The standard InChI is InChI=1S/C16H24N4OS/c1-6-19(12(4)9-14-7-8-22-10-14)16(21)15-13(5)20(11(2)3)18-17-15/h7-8,10-12H,6,9H2,1-5H3. The summed E-state index contributed by atoms with van der Waals surface area (Å²) in [4.78, 5) is 14.7. The number of thiophene rings is 1. The molecule has 0 aliphatic rings. The first kappa shape index (κ1) is 16.7. The number of carbonyl (C=O) groups is 1. The van der Waals surface area contributed by atoms with Crippen LogP contribution < -0.4 is 0 Å². The summed E-state index contributed by atoms with van der Waals surface area (Å²) in [6.45, 7) is 10.7. The van der Waals surface area contributed by atoms with Gasteiger partial charge in [-0.3, -0.25) is 4.79 Å². The molecule has 1 atom stereocenters. The highest BCUT2D eigenvalue weighted by atomic mass is 32.1. The second-order valence-electron chi connectivity index (χ2n) is 5.84. The number of nitrogens with zero attached hydrogens (tertiary/aromatic N) is 4. The Balaban J connectivity index is 2.18. The van der Waals surface area contributed by atoms with Crippen LogP contribution in [0.2, 0.25) is 0 Å². The first-order valence-corrected chi connectivity index (χ1v) is 8.63. The molecule has 0 N–H and O–H groups in total. The van der Waals surface area contributed by atoms with Crippen LogP contribution in [0, 0.1) is 6.92 Å². The maximum absolute atomic E-state index is 12.8. The van der Waals surface area contributed by atoms with Gasteiger partial charge < -0.3 is 4.90 Å². The summed E-state index contributed by atoms with van der Waals surface area (Å²) in [7, 11) is 0. The average Bonchev–Trinajstić information content (AvgIpc) is 3.08. The van der Waals surface area contributed by atoms with Crippen LogP contribution in [0.1, 0.15) is 55.5 Å². The van der Waals surface area contributed by atoms with Crippen LogP contribution in [-0.2, 0) is 6.42 Å². The third kappa shape index (κ3) is 3.38. The SMILES string of the molecule is CCN(C(=O)c1nnn(C(C)C)c1C)C(C)Cc1ccsc1. The molecule has 0 fully saturated rings. The van der Waals surface area contributed by atoms with Crippen LogP contribution in [0.15, 0.2) is 16.8 Å². The zero-order chi connectivity index (χ0) is 16.3. The lowest BCUT2D eigenvalue weighted by Gasteiger charge is -2.27. The fourth-order valence-electron chi connectivity index (χ4n) is 2.68. The van der Waals surface area contributed by atoms with Crippen LogP contribution in [0.4, 0.5) is 0 Å². The molecular weight excluding hydrogens is 296 g/mol. The van der Waals surface area contributed by atoms with Gasteiger partial charge in [-0.25, -0.2) is 4.68 Å². The lowest BCUT2D eigenvalue weighted by Crippen LogP contribution is -2.40.